The van der Waals surface area contributed by atoms with Crippen LogP contribution in [-0.2, 0) is 10.8 Å². The summed E-state index contributed by atoms with van der Waals surface area (Å²) < 4.78 is 16.7. The Balaban J connectivity index is 2.05. The summed E-state index contributed by atoms with van der Waals surface area (Å²) in [5.74, 6) is 2.51. The molecule has 0 aliphatic carbocycles. The second-order valence-corrected chi connectivity index (χ2v) is 6.17. The highest BCUT2D eigenvalue weighted by Gasteiger charge is 2.18. The summed E-state index contributed by atoms with van der Waals surface area (Å²) in [4.78, 5) is 0. The zero-order chi connectivity index (χ0) is 12.3. The Labute approximate surface area is 105 Å². The average molecular weight is 253 g/mol. The van der Waals surface area contributed by atoms with E-state index in [9.17, 15) is 4.21 Å². The highest BCUT2D eigenvalue weighted by Crippen LogP contribution is 2.27. The summed E-state index contributed by atoms with van der Waals surface area (Å²) in [5.41, 5.74) is 2.23. The molecule has 0 amide bonds. The van der Waals surface area contributed by atoms with Gasteiger partial charge in [0, 0.05) is 28.3 Å². The van der Waals surface area contributed by atoms with Gasteiger partial charge in [-0.25, -0.2) is 0 Å². The van der Waals surface area contributed by atoms with Crippen molar-refractivity contribution in [3.05, 3.63) is 23.8 Å². The van der Waals surface area contributed by atoms with E-state index in [1.807, 2.05) is 6.07 Å². The van der Waals surface area contributed by atoms with Gasteiger partial charge in [-0.05, 0) is 37.5 Å². The second-order valence-electron chi connectivity index (χ2n) is 4.47. The Morgan fingerprint density at radius 1 is 1.35 bits per heavy atom. The van der Waals surface area contributed by atoms with Gasteiger partial charge >= 0.3 is 0 Å². The number of aryl methyl sites for hydroxylation is 1. The van der Waals surface area contributed by atoms with E-state index in [0.29, 0.717) is 6.04 Å². The minimum Gasteiger partial charge on any atom is -0.495 e. The van der Waals surface area contributed by atoms with E-state index in [4.69, 9.17) is 4.74 Å². The van der Waals surface area contributed by atoms with Crippen LogP contribution in [0.2, 0.25) is 0 Å². The van der Waals surface area contributed by atoms with E-state index in [2.05, 4.69) is 24.4 Å². The van der Waals surface area contributed by atoms with Crippen LogP contribution in [0.5, 0.6) is 5.75 Å². The van der Waals surface area contributed by atoms with Crippen molar-refractivity contribution in [2.45, 2.75) is 25.8 Å². The molecule has 1 aromatic rings. The maximum atomic E-state index is 11.3. The number of rotatable bonds is 3. The molecule has 0 spiro atoms. The molecule has 1 aliphatic rings. The van der Waals surface area contributed by atoms with Crippen LogP contribution in [0.1, 0.15) is 18.4 Å². The lowest BCUT2D eigenvalue weighted by molar-refractivity contribution is 0.415. The van der Waals surface area contributed by atoms with Gasteiger partial charge in [0.1, 0.15) is 5.75 Å². The van der Waals surface area contributed by atoms with Crippen molar-refractivity contribution in [3.8, 4) is 5.75 Å². The predicted octanol–water partition coefficient (Wildman–Crippen LogP) is 2.33. The third kappa shape index (κ3) is 3.22. The van der Waals surface area contributed by atoms with Crippen molar-refractivity contribution < 1.29 is 8.95 Å². The van der Waals surface area contributed by atoms with Crippen LogP contribution >= 0.6 is 0 Å². The molecular formula is C13H19NO2S. The van der Waals surface area contributed by atoms with Gasteiger partial charge in [0.2, 0.25) is 0 Å². The van der Waals surface area contributed by atoms with Crippen LogP contribution in [0, 0.1) is 6.92 Å². The Morgan fingerprint density at radius 2 is 2.06 bits per heavy atom. The first kappa shape index (κ1) is 12.4. The summed E-state index contributed by atoms with van der Waals surface area (Å²) in [6, 6.07) is 6.58. The molecule has 0 radical (unpaired) electrons. The normalized spacial score (nSPS) is 24.4. The van der Waals surface area contributed by atoms with Gasteiger partial charge in [-0.3, -0.25) is 4.21 Å². The lowest BCUT2D eigenvalue weighted by Gasteiger charge is -2.24. The molecule has 3 nitrogen and oxygen atoms in total. The topological polar surface area (TPSA) is 38.3 Å². The fraction of sp³-hybridized carbons (Fsp3) is 0.538. The molecule has 2 rings (SSSR count). The molecule has 1 heterocycles. The quantitative estimate of drug-likeness (QED) is 0.898. The van der Waals surface area contributed by atoms with Crippen LogP contribution in [0.4, 0.5) is 5.69 Å². The first-order chi connectivity index (χ1) is 8.19. The molecule has 1 aromatic carbocycles. The Kier molecular flexibility index (Phi) is 4.05. The Hall–Kier alpha value is -1.03. The molecule has 94 valence electrons. The first-order valence-electron chi connectivity index (χ1n) is 5.95. The molecule has 4 heteroatoms. The van der Waals surface area contributed by atoms with E-state index in [0.717, 1.165) is 35.8 Å². The molecule has 17 heavy (non-hydrogen) atoms. The SMILES string of the molecule is COc1cc(C)ccc1NC1CCS(=O)CC1. The number of anilines is 1. The third-order valence-corrected chi connectivity index (χ3v) is 4.49. The summed E-state index contributed by atoms with van der Waals surface area (Å²) in [6.07, 6.45) is 1.95. The van der Waals surface area contributed by atoms with Gasteiger partial charge in [0.25, 0.3) is 0 Å². The van der Waals surface area contributed by atoms with Gasteiger partial charge in [-0.15, -0.1) is 0 Å². The number of hydrogen-bond acceptors (Lipinski definition) is 3. The molecule has 0 unspecified atom stereocenters. The maximum absolute atomic E-state index is 11.3. The lowest BCUT2D eigenvalue weighted by Crippen LogP contribution is -2.29. The summed E-state index contributed by atoms with van der Waals surface area (Å²) >= 11 is 0. The Morgan fingerprint density at radius 3 is 2.71 bits per heavy atom. The second kappa shape index (κ2) is 5.54. The van der Waals surface area contributed by atoms with Crippen molar-refractivity contribution in [3.63, 3.8) is 0 Å². The standard InChI is InChI=1S/C13H19NO2S/c1-10-3-4-12(13(9-10)16-2)14-11-5-7-17(15)8-6-11/h3-4,9,11,14H,5-8H2,1-2H3. The fourth-order valence-corrected chi connectivity index (χ4v) is 3.37. The lowest BCUT2D eigenvalue weighted by atomic mass is 10.1. The highest BCUT2D eigenvalue weighted by molar-refractivity contribution is 7.85. The zero-order valence-electron chi connectivity index (χ0n) is 10.4. The average Bonchev–Trinajstić information content (AvgIpc) is 2.34. The van der Waals surface area contributed by atoms with Crippen molar-refractivity contribution in [1.82, 2.24) is 0 Å². The fourth-order valence-electron chi connectivity index (χ4n) is 2.08. The smallest absolute Gasteiger partial charge is 0.142 e. The first-order valence-corrected chi connectivity index (χ1v) is 7.44. The Bertz CT molecular complexity index is 410. The van der Waals surface area contributed by atoms with Crippen molar-refractivity contribution in [2.24, 2.45) is 0 Å². The van der Waals surface area contributed by atoms with Gasteiger partial charge in [0.05, 0.1) is 12.8 Å². The molecule has 1 fully saturated rings. The number of hydrogen-bond donors (Lipinski definition) is 1. The summed E-state index contributed by atoms with van der Waals surface area (Å²) in [6.45, 7) is 2.05. The van der Waals surface area contributed by atoms with Gasteiger partial charge in [-0.1, -0.05) is 6.07 Å². The highest BCUT2D eigenvalue weighted by atomic mass is 32.2. The number of ether oxygens (including phenoxy) is 1. The van der Waals surface area contributed by atoms with E-state index in [1.54, 1.807) is 7.11 Å². The monoisotopic (exact) mass is 253 g/mol. The van der Waals surface area contributed by atoms with E-state index >= 15 is 0 Å². The van der Waals surface area contributed by atoms with Crippen molar-refractivity contribution in [2.75, 3.05) is 23.9 Å². The molecule has 1 N–H and O–H groups in total. The molecule has 0 saturated carbocycles. The predicted molar refractivity (Wildman–Crippen MR) is 72.3 cm³/mol. The van der Waals surface area contributed by atoms with E-state index in [1.165, 1.54) is 5.56 Å². The summed E-state index contributed by atoms with van der Waals surface area (Å²) in [7, 11) is 1.09. The van der Waals surface area contributed by atoms with Gasteiger partial charge in [-0.2, -0.15) is 0 Å². The molecule has 1 aliphatic heterocycles. The third-order valence-electron chi connectivity index (χ3n) is 3.10. The number of nitrogens with one attached hydrogen (secondary N) is 1. The van der Waals surface area contributed by atoms with E-state index in [-0.39, 0.29) is 0 Å². The van der Waals surface area contributed by atoms with Crippen LogP contribution in [0.25, 0.3) is 0 Å². The summed E-state index contributed by atoms with van der Waals surface area (Å²) in [5, 5.41) is 3.49. The van der Waals surface area contributed by atoms with E-state index < -0.39 is 10.8 Å². The largest absolute Gasteiger partial charge is 0.495 e. The molecule has 1 saturated heterocycles. The van der Waals surface area contributed by atoms with Crippen LogP contribution in [0.3, 0.4) is 0 Å². The van der Waals surface area contributed by atoms with Crippen molar-refractivity contribution >= 4 is 16.5 Å². The molecule has 0 bridgehead atoms. The van der Waals surface area contributed by atoms with Crippen LogP contribution in [-0.4, -0.2) is 28.9 Å². The van der Waals surface area contributed by atoms with Crippen LogP contribution < -0.4 is 10.1 Å². The number of methoxy groups -OCH3 is 1. The molecular weight excluding hydrogens is 234 g/mol. The van der Waals surface area contributed by atoms with Crippen LogP contribution in [0.15, 0.2) is 18.2 Å². The van der Waals surface area contributed by atoms with Gasteiger partial charge < -0.3 is 10.1 Å². The van der Waals surface area contributed by atoms with Gasteiger partial charge in [0.15, 0.2) is 0 Å². The minimum atomic E-state index is -0.601. The maximum Gasteiger partial charge on any atom is 0.142 e. The zero-order valence-corrected chi connectivity index (χ0v) is 11.2. The van der Waals surface area contributed by atoms with Crippen molar-refractivity contribution in [1.29, 1.82) is 0 Å². The minimum absolute atomic E-state index is 0.421. The number of benzene rings is 1. The molecule has 0 aromatic heterocycles. The molecule has 0 atom stereocenters.